The van der Waals surface area contributed by atoms with Gasteiger partial charge < -0.3 is 44.1 Å². The Morgan fingerprint density at radius 3 is 1.02 bits per heavy atom. The first-order valence-electron chi connectivity index (χ1n) is 33.5. The molecule has 552 valence electrons. The van der Waals surface area contributed by atoms with Gasteiger partial charge >= 0.3 is 23.9 Å². The summed E-state index contributed by atoms with van der Waals surface area (Å²) in [5.41, 5.74) is 21.6. The Kier molecular flexibility index (Phi) is 47.0. The van der Waals surface area contributed by atoms with Crippen molar-refractivity contribution < 1.29 is 72.9 Å². The number of carbonyl (C=O) groups excluding carboxylic acids is 5. The normalized spacial score (nSPS) is 11.4. The van der Waals surface area contributed by atoms with Gasteiger partial charge in [-0.2, -0.15) is 0 Å². The first-order chi connectivity index (χ1) is 47.9. The van der Waals surface area contributed by atoms with Gasteiger partial charge in [-0.25, -0.2) is 0 Å². The number of esters is 3. The molecule has 0 saturated carbocycles. The van der Waals surface area contributed by atoms with Gasteiger partial charge in [0, 0.05) is 43.8 Å². The fourth-order valence-electron chi connectivity index (χ4n) is 9.27. The Bertz CT molecular complexity index is 3550. The molecule has 0 spiro atoms. The van der Waals surface area contributed by atoms with E-state index in [1.807, 2.05) is 160 Å². The third-order valence-electron chi connectivity index (χ3n) is 15.1. The summed E-state index contributed by atoms with van der Waals surface area (Å²) in [6.07, 6.45) is 3.38. The lowest BCUT2D eigenvalue weighted by molar-refractivity contribution is -0.262. The van der Waals surface area contributed by atoms with Crippen LogP contribution in [-0.4, -0.2) is 126 Å². The van der Waals surface area contributed by atoms with Gasteiger partial charge in [0.1, 0.15) is 0 Å². The van der Waals surface area contributed by atoms with Gasteiger partial charge in [-0.15, -0.1) is 34.8 Å². The number of rotatable bonds is 22. The number of aryl methyl sites for hydroxylation is 14. The number of benzene rings is 7. The zero-order chi connectivity index (χ0) is 76.0. The third-order valence-corrected chi connectivity index (χ3v) is 16.2. The maximum Gasteiger partial charge on any atom is 0.310 e. The van der Waals surface area contributed by atoms with Crippen molar-refractivity contribution >= 4 is 81.3 Å². The molecule has 0 aliphatic carbocycles. The molecule has 0 atom stereocenters. The molecule has 0 aromatic heterocycles. The van der Waals surface area contributed by atoms with E-state index in [4.69, 9.17) is 90.5 Å². The predicted molar refractivity (Wildman–Crippen MR) is 407 cm³/mol. The van der Waals surface area contributed by atoms with Crippen LogP contribution in [0.1, 0.15) is 142 Å². The number of ketones is 1. The number of carboxylic acid groups (broad SMARTS) is 1. The zero-order valence-corrected chi connectivity index (χ0v) is 64.5. The van der Waals surface area contributed by atoms with Crippen molar-refractivity contribution in [1.82, 2.24) is 0 Å². The summed E-state index contributed by atoms with van der Waals surface area (Å²) in [5, 5.41) is 32.4. The van der Waals surface area contributed by atoms with Gasteiger partial charge in [0.05, 0.1) is 76.4 Å². The number of hydrogen-bond donors (Lipinski definition) is 4. The third kappa shape index (κ3) is 39.7. The fourth-order valence-corrected chi connectivity index (χ4v) is 9.71. The molecule has 1 aliphatic rings. The molecule has 7 aromatic carbocycles. The van der Waals surface area contributed by atoms with Crippen LogP contribution in [0.2, 0.25) is 0 Å². The van der Waals surface area contributed by atoms with Crippen LogP contribution in [0, 0.1) is 96.9 Å². The van der Waals surface area contributed by atoms with Crippen molar-refractivity contribution in [1.29, 1.82) is 0 Å². The van der Waals surface area contributed by atoms with Gasteiger partial charge in [0.15, 0.2) is 5.78 Å². The minimum atomic E-state index is -0.774. The Hall–Kier alpha value is -7.28. The van der Waals surface area contributed by atoms with Crippen LogP contribution >= 0.6 is 46.4 Å². The van der Waals surface area contributed by atoms with Crippen LogP contribution < -0.4 is 0 Å². The van der Waals surface area contributed by atoms with Gasteiger partial charge in [0.2, 0.25) is 11.0 Å². The van der Waals surface area contributed by atoms with Gasteiger partial charge in [-0.05, 0) is 183 Å². The molecule has 1 heterocycles. The number of carbonyl (C=O) groups is 6. The largest absolute Gasteiger partial charge is 0.481 e. The Morgan fingerprint density at radius 2 is 0.703 bits per heavy atom. The molecule has 101 heavy (non-hydrogen) atoms. The second kappa shape index (κ2) is 51.8. The quantitative estimate of drug-likeness (QED) is 0.0123. The minimum absolute atomic E-state index is 0.00198. The van der Waals surface area contributed by atoms with E-state index in [1.165, 1.54) is 16.7 Å². The van der Waals surface area contributed by atoms with Crippen LogP contribution in [-0.2, 0) is 79.1 Å². The molecule has 4 N–H and O–H groups in total. The number of halogens is 4. The number of Topliss-reactive ketones (excluding diaryl/α,β-unsaturated/α-hetero) is 1. The minimum Gasteiger partial charge on any atom is -0.481 e. The van der Waals surface area contributed by atoms with Crippen molar-refractivity contribution in [3.05, 3.63) is 245 Å². The zero-order valence-electron chi connectivity index (χ0n) is 61.4. The summed E-state index contributed by atoms with van der Waals surface area (Å²) >= 11 is 21.1. The SMILES string of the molecule is Cc1ccc(C)c(C(=O)CCl)c1.Cc1ccc(C)c(C2(CCl)OCCCO2)c1.Cc1ccc(C)c(CC(=O)O)c1.Cc1ccc(C)c(CC(=O)OCCCO)c1.Cc1ccc(C)c(CC(=O)OCCCOC(=O)Cc2cc(C)ccc2C)c1.Cc1ccc(C)cc1.O=C(Cl)CCl.OCCCO. The van der Waals surface area contributed by atoms with Gasteiger partial charge in [-0.3, -0.25) is 28.8 Å². The highest BCUT2D eigenvalue weighted by Gasteiger charge is 2.37. The summed E-state index contributed by atoms with van der Waals surface area (Å²) in [6, 6.07) is 44.5. The first kappa shape index (κ1) is 91.7. The van der Waals surface area contributed by atoms with E-state index >= 15 is 0 Å². The van der Waals surface area contributed by atoms with E-state index in [1.54, 1.807) is 0 Å². The second-order valence-corrected chi connectivity index (χ2v) is 25.7. The number of ether oxygens (including phenoxy) is 5. The second-order valence-electron chi connectivity index (χ2n) is 24.5. The molecule has 1 aliphatic heterocycles. The van der Waals surface area contributed by atoms with Crippen LogP contribution in [0.25, 0.3) is 0 Å². The van der Waals surface area contributed by atoms with Gasteiger partial charge in [-0.1, -0.05) is 172 Å². The Balaban J connectivity index is 0.000000609. The summed E-state index contributed by atoms with van der Waals surface area (Å²) in [4.78, 5) is 66.5. The molecule has 0 bridgehead atoms. The van der Waals surface area contributed by atoms with Crippen molar-refractivity contribution in [2.45, 2.75) is 154 Å². The smallest absolute Gasteiger partial charge is 0.310 e. The van der Waals surface area contributed by atoms with E-state index in [-0.39, 0.29) is 87.7 Å². The van der Waals surface area contributed by atoms with E-state index in [9.17, 15) is 28.8 Å². The lowest BCUT2D eigenvalue weighted by atomic mass is 9.98. The lowest BCUT2D eigenvalue weighted by Crippen LogP contribution is -2.40. The standard InChI is InChI=1S/C23H28O4.C13H17ClO2.C13H18O3.C10H11ClO.C10H12O2.C8H10.C3H8O2.C2H2Cl2O/c1-16-6-8-18(3)20(12-16)14-22(24)26-10-5-11-27-23(25)15-21-13-17(2)7-9-19(21)4;1-10-4-5-11(2)12(8-10)13(9-14)15-6-3-7-16-13;1-10-4-5-11(2)12(8-10)9-13(15)16-7-3-6-14;1-7-3-4-8(2)9(5-7)10(12)6-11;1-7-3-4-8(2)9(5-7)6-10(11)12;1-7-3-5-8(2)6-4-7;4-2-1-3-5;3-1-2(4)5/h6-9,12-13H,5,10-11,14-15H2,1-4H3;4-5,8H,3,6-7,9H2,1-2H3;4-5,8,14H,3,6-7,9H2,1-2H3;3-5H,6H2,1-2H3;3-5H,6H2,1-2H3,(H,11,12);3-6H,1-2H3;4-5H,1-3H2;1H2. The molecule has 0 unspecified atom stereocenters. The predicted octanol–water partition coefficient (Wildman–Crippen LogP) is 16.4. The molecule has 1 saturated heterocycles. The lowest BCUT2D eigenvalue weighted by Gasteiger charge is -2.37. The number of aliphatic hydroxyl groups excluding tert-OH is 3. The molecule has 7 aromatic rings. The van der Waals surface area contributed by atoms with E-state index in [0.29, 0.717) is 51.4 Å². The Labute approximate surface area is 619 Å². The highest BCUT2D eigenvalue weighted by Crippen LogP contribution is 2.35. The summed E-state index contributed by atoms with van der Waals surface area (Å²) in [6.45, 7) is 30.5. The molecule has 0 radical (unpaired) electrons. The summed E-state index contributed by atoms with van der Waals surface area (Å²) in [7, 11) is 0. The fraction of sp³-hybridized carbons (Fsp3) is 0.415. The molecule has 15 nitrogen and oxygen atoms in total. The van der Waals surface area contributed by atoms with Gasteiger partial charge in [0.25, 0.3) is 0 Å². The molecule has 0 amide bonds. The van der Waals surface area contributed by atoms with E-state index in [2.05, 4.69) is 70.2 Å². The van der Waals surface area contributed by atoms with Crippen molar-refractivity contribution in [3.63, 3.8) is 0 Å². The number of aliphatic hydroxyl groups is 3. The molecular weight excluding hydrogens is 1370 g/mol. The Morgan fingerprint density at radius 1 is 0.396 bits per heavy atom. The maximum absolute atomic E-state index is 12.0. The van der Waals surface area contributed by atoms with Crippen LogP contribution in [0.4, 0.5) is 0 Å². The number of alkyl halides is 3. The number of hydrogen-bond acceptors (Lipinski definition) is 14. The molecule has 8 rings (SSSR count). The molecule has 19 heteroatoms. The van der Waals surface area contributed by atoms with Crippen LogP contribution in [0.15, 0.2) is 133 Å². The first-order valence-corrected chi connectivity index (χ1v) is 35.5. The van der Waals surface area contributed by atoms with Crippen molar-refractivity contribution in [2.75, 3.05) is 70.5 Å². The highest BCUT2D eigenvalue weighted by molar-refractivity contribution is 6.67. The monoisotopic (exact) mass is 1470 g/mol. The van der Waals surface area contributed by atoms with E-state index in [0.717, 1.165) is 101 Å². The van der Waals surface area contributed by atoms with Crippen molar-refractivity contribution in [3.8, 4) is 0 Å². The highest BCUT2D eigenvalue weighted by atomic mass is 35.5. The summed E-state index contributed by atoms with van der Waals surface area (Å²) < 4.78 is 27.0. The van der Waals surface area contributed by atoms with E-state index < -0.39 is 17.0 Å². The number of carboxylic acids is 1. The van der Waals surface area contributed by atoms with Crippen molar-refractivity contribution in [2.24, 2.45) is 0 Å². The van der Waals surface area contributed by atoms with Crippen LogP contribution in [0.3, 0.4) is 0 Å². The maximum atomic E-state index is 12.0. The topological polar surface area (TPSA) is 229 Å². The average Bonchev–Trinajstić information content (AvgIpc) is 0.791. The molecule has 1 fully saturated rings. The summed E-state index contributed by atoms with van der Waals surface area (Å²) in [5.74, 6) is -1.97. The van der Waals surface area contributed by atoms with Crippen LogP contribution in [0.5, 0.6) is 0 Å². The average molecular weight is 1470 g/mol. The molecular formula is C82H106Cl4O15. The number of aliphatic carboxylic acids is 1.